The number of nitrogens with one attached hydrogen (secondary N) is 2. The molecule has 6 nitrogen and oxygen atoms in total. The Kier molecular flexibility index (Phi) is 6.54. The van der Waals surface area contributed by atoms with Crippen molar-refractivity contribution >= 4 is 5.96 Å². The molecule has 2 heterocycles. The Morgan fingerprint density at radius 2 is 2.13 bits per heavy atom. The molecule has 1 aliphatic carbocycles. The molecule has 3 aliphatic rings. The molecule has 166 valence electrons. The molecule has 0 spiro atoms. The van der Waals surface area contributed by atoms with Gasteiger partial charge in [-0.05, 0) is 57.0 Å². The van der Waals surface area contributed by atoms with Gasteiger partial charge in [0.2, 0.25) is 0 Å². The van der Waals surface area contributed by atoms with Gasteiger partial charge in [-0.25, -0.2) is 0 Å². The lowest BCUT2D eigenvalue weighted by molar-refractivity contribution is -0.106. The lowest BCUT2D eigenvalue weighted by Crippen LogP contribution is -2.68. The maximum atomic E-state index is 5.97. The van der Waals surface area contributed by atoms with Crippen LogP contribution in [0.4, 0.5) is 0 Å². The van der Waals surface area contributed by atoms with Crippen molar-refractivity contribution in [1.82, 2.24) is 15.5 Å². The summed E-state index contributed by atoms with van der Waals surface area (Å²) in [5.74, 6) is 2.43. The van der Waals surface area contributed by atoms with Crippen LogP contribution in [0.5, 0.6) is 5.75 Å². The van der Waals surface area contributed by atoms with Gasteiger partial charge in [0.15, 0.2) is 5.96 Å². The van der Waals surface area contributed by atoms with E-state index in [2.05, 4.69) is 54.5 Å². The maximum Gasteiger partial charge on any atom is 0.191 e. The van der Waals surface area contributed by atoms with E-state index in [1.165, 1.54) is 18.4 Å². The molecule has 2 N–H and O–H groups in total. The fourth-order valence-corrected chi connectivity index (χ4v) is 5.60. The van der Waals surface area contributed by atoms with Gasteiger partial charge in [-0.2, -0.15) is 0 Å². The number of likely N-dealkylation sites (tertiary alicyclic amines) is 1. The zero-order valence-corrected chi connectivity index (χ0v) is 19.0. The van der Waals surface area contributed by atoms with Crippen LogP contribution in [0.25, 0.3) is 0 Å². The topological polar surface area (TPSA) is 58.1 Å². The first kappa shape index (κ1) is 21.4. The first-order valence-corrected chi connectivity index (χ1v) is 11.6. The van der Waals surface area contributed by atoms with E-state index in [9.17, 15) is 0 Å². The van der Waals surface area contributed by atoms with Crippen molar-refractivity contribution < 1.29 is 9.47 Å². The highest BCUT2D eigenvalue weighted by molar-refractivity contribution is 5.80. The van der Waals surface area contributed by atoms with Gasteiger partial charge in [0.05, 0.1) is 25.8 Å². The summed E-state index contributed by atoms with van der Waals surface area (Å²) in [7, 11) is 1.73. The number of hydrogen-bond acceptors (Lipinski definition) is 4. The zero-order valence-electron chi connectivity index (χ0n) is 19.0. The predicted octanol–water partition coefficient (Wildman–Crippen LogP) is 3.20. The summed E-state index contributed by atoms with van der Waals surface area (Å²) in [5.41, 5.74) is 1.42. The second kappa shape index (κ2) is 9.15. The van der Waals surface area contributed by atoms with Crippen molar-refractivity contribution in [2.75, 3.05) is 39.9 Å². The summed E-state index contributed by atoms with van der Waals surface area (Å²) in [6, 6.07) is 9.14. The molecular formula is C24H38N4O2. The second-order valence-electron chi connectivity index (χ2n) is 9.44. The minimum Gasteiger partial charge on any atom is -0.497 e. The largest absolute Gasteiger partial charge is 0.497 e. The number of benzene rings is 1. The number of ether oxygens (including phenoxy) is 2. The van der Waals surface area contributed by atoms with Gasteiger partial charge in [0.25, 0.3) is 0 Å². The Labute approximate surface area is 181 Å². The average molecular weight is 415 g/mol. The standard InChI is InChI=1S/C24H38N4O2/c1-5-25-23(27-21-19-11-14-30-22(19)24(21,2)3)26-16-20(28-12-6-7-13-28)17-9-8-10-18(15-17)29-4/h8-10,15,19-22H,5-7,11-14,16H2,1-4H3,(H2,25,26,27). The molecule has 3 fully saturated rings. The third-order valence-electron chi connectivity index (χ3n) is 7.22. The SMILES string of the molecule is CCNC(=NCC(c1cccc(OC)c1)N1CCCC1)NC1C2CCOC2C1(C)C. The molecule has 0 radical (unpaired) electrons. The van der Waals surface area contributed by atoms with E-state index in [-0.39, 0.29) is 11.5 Å². The molecule has 1 aromatic rings. The first-order valence-electron chi connectivity index (χ1n) is 11.6. The molecule has 0 aromatic heterocycles. The fourth-order valence-electron chi connectivity index (χ4n) is 5.60. The average Bonchev–Trinajstić information content (AvgIpc) is 3.43. The summed E-state index contributed by atoms with van der Waals surface area (Å²) >= 11 is 0. The Morgan fingerprint density at radius 1 is 1.33 bits per heavy atom. The maximum absolute atomic E-state index is 5.97. The van der Waals surface area contributed by atoms with E-state index in [4.69, 9.17) is 14.5 Å². The minimum absolute atomic E-state index is 0.137. The number of guanidine groups is 1. The Morgan fingerprint density at radius 3 is 2.87 bits per heavy atom. The number of rotatable bonds is 7. The first-order chi connectivity index (χ1) is 14.5. The Hall–Kier alpha value is -1.79. The van der Waals surface area contributed by atoms with E-state index in [1.807, 2.05) is 6.07 Å². The predicted molar refractivity (Wildman–Crippen MR) is 121 cm³/mol. The molecule has 30 heavy (non-hydrogen) atoms. The van der Waals surface area contributed by atoms with Crippen LogP contribution in [0.3, 0.4) is 0 Å². The highest BCUT2D eigenvalue weighted by Crippen LogP contribution is 2.52. The van der Waals surface area contributed by atoms with E-state index < -0.39 is 0 Å². The summed E-state index contributed by atoms with van der Waals surface area (Å²) < 4.78 is 11.4. The fraction of sp³-hybridized carbons (Fsp3) is 0.708. The van der Waals surface area contributed by atoms with Crippen LogP contribution in [0, 0.1) is 11.3 Å². The van der Waals surface area contributed by atoms with Crippen LogP contribution in [-0.4, -0.2) is 62.9 Å². The summed E-state index contributed by atoms with van der Waals surface area (Å²) in [4.78, 5) is 7.63. The smallest absolute Gasteiger partial charge is 0.191 e. The Bertz CT molecular complexity index is 744. The Balaban J connectivity index is 1.51. The molecule has 4 rings (SSSR count). The van der Waals surface area contributed by atoms with Crippen LogP contribution < -0.4 is 15.4 Å². The number of methoxy groups -OCH3 is 1. The molecule has 1 saturated carbocycles. The van der Waals surface area contributed by atoms with Crippen LogP contribution in [0.2, 0.25) is 0 Å². The van der Waals surface area contributed by atoms with Crippen molar-refractivity contribution in [1.29, 1.82) is 0 Å². The van der Waals surface area contributed by atoms with Crippen molar-refractivity contribution in [2.24, 2.45) is 16.3 Å². The monoisotopic (exact) mass is 414 g/mol. The lowest BCUT2D eigenvalue weighted by atomic mass is 9.57. The molecule has 4 atom stereocenters. The summed E-state index contributed by atoms with van der Waals surface area (Å²) in [6.07, 6.45) is 4.06. The second-order valence-corrected chi connectivity index (χ2v) is 9.44. The molecule has 2 saturated heterocycles. The molecule has 6 heteroatoms. The van der Waals surface area contributed by atoms with Crippen molar-refractivity contribution in [3.05, 3.63) is 29.8 Å². The van der Waals surface area contributed by atoms with Crippen LogP contribution in [-0.2, 0) is 4.74 Å². The molecule has 0 amide bonds. The van der Waals surface area contributed by atoms with Crippen molar-refractivity contribution in [3.63, 3.8) is 0 Å². The van der Waals surface area contributed by atoms with Gasteiger partial charge in [0.1, 0.15) is 5.75 Å². The summed E-state index contributed by atoms with van der Waals surface area (Å²) in [5, 5.41) is 7.23. The van der Waals surface area contributed by atoms with Gasteiger partial charge < -0.3 is 20.1 Å². The minimum atomic E-state index is 0.137. The van der Waals surface area contributed by atoms with Crippen LogP contribution in [0.1, 0.15) is 51.6 Å². The zero-order chi connectivity index (χ0) is 21.1. The van der Waals surface area contributed by atoms with Crippen molar-refractivity contribution in [3.8, 4) is 5.75 Å². The summed E-state index contributed by atoms with van der Waals surface area (Å²) in [6.45, 7) is 11.5. The molecule has 1 aromatic carbocycles. The van der Waals surface area contributed by atoms with Crippen molar-refractivity contribution in [2.45, 2.75) is 58.2 Å². The van der Waals surface area contributed by atoms with Gasteiger partial charge in [-0.3, -0.25) is 9.89 Å². The molecular weight excluding hydrogens is 376 g/mol. The van der Waals surface area contributed by atoms with Gasteiger partial charge in [-0.1, -0.05) is 26.0 Å². The van der Waals surface area contributed by atoms with Gasteiger partial charge in [-0.15, -0.1) is 0 Å². The quantitative estimate of drug-likeness (QED) is 0.530. The normalized spacial score (nSPS) is 29.2. The number of aliphatic imine (C=N–C) groups is 1. The van der Waals surface area contributed by atoms with E-state index >= 15 is 0 Å². The number of hydrogen-bond donors (Lipinski definition) is 2. The van der Waals surface area contributed by atoms with E-state index in [0.717, 1.165) is 50.9 Å². The lowest BCUT2D eigenvalue weighted by Gasteiger charge is -2.55. The number of fused-ring (bicyclic) bond motifs is 1. The molecule has 4 unspecified atom stereocenters. The molecule has 2 aliphatic heterocycles. The number of nitrogens with zero attached hydrogens (tertiary/aromatic N) is 2. The van der Waals surface area contributed by atoms with Crippen LogP contribution >= 0.6 is 0 Å². The van der Waals surface area contributed by atoms with E-state index in [0.29, 0.717) is 18.1 Å². The van der Waals surface area contributed by atoms with Gasteiger partial charge in [0, 0.05) is 30.5 Å². The van der Waals surface area contributed by atoms with Crippen LogP contribution in [0.15, 0.2) is 29.3 Å². The highest BCUT2D eigenvalue weighted by Gasteiger charge is 2.59. The van der Waals surface area contributed by atoms with E-state index in [1.54, 1.807) is 7.11 Å². The third-order valence-corrected chi connectivity index (χ3v) is 7.22. The highest BCUT2D eigenvalue weighted by atomic mass is 16.5. The molecule has 0 bridgehead atoms. The third kappa shape index (κ3) is 4.17. The van der Waals surface area contributed by atoms with Gasteiger partial charge >= 0.3 is 0 Å².